The van der Waals surface area contributed by atoms with Crippen LogP contribution in [0.4, 0.5) is 5.82 Å². The van der Waals surface area contributed by atoms with Crippen molar-refractivity contribution in [3.05, 3.63) is 89.5 Å². The maximum absolute atomic E-state index is 12.7. The molecule has 0 saturated heterocycles. The van der Waals surface area contributed by atoms with E-state index in [2.05, 4.69) is 49.5 Å². The summed E-state index contributed by atoms with van der Waals surface area (Å²) in [4.78, 5) is 23.8. The highest BCUT2D eigenvalue weighted by Gasteiger charge is 2.20. The van der Waals surface area contributed by atoms with E-state index in [4.69, 9.17) is 0 Å². The number of benzene rings is 1. The van der Waals surface area contributed by atoms with Crippen LogP contribution in [0.1, 0.15) is 27.0 Å². The standard InChI is InChI=1S/C22H20N6O/c29-22(19-14-26-28-11-4-10-24-21(19)28)25-13-17-7-3-9-23-20(17)27-12-8-16-5-1-2-6-18(16)15-27/h1-7,9-11,14H,8,12-13,15H2,(H,25,29). The number of amides is 1. The molecule has 1 N–H and O–H groups in total. The molecule has 3 aromatic heterocycles. The summed E-state index contributed by atoms with van der Waals surface area (Å²) < 4.78 is 1.59. The molecule has 0 bridgehead atoms. The molecular formula is C22H20N6O. The second-order valence-corrected chi connectivity index (χ2v) is 7.06. The van der Waals surface area contributed by atoms with Gasteiger partial charge in [0, 0.05) is 43.8 Å². The predicted molar refractivity (Wildman–Crippen MR) is 110 cm³/mol. The number of hydrogen-bond donors (Lipinski definition) is 1. The van der Waals surface area contributed by atoms with Crippen LogP contribution in [0.25, 0.3) is 5.65 Å². The van der Waals surface area contributed by atoms with Crippen LogP contribution in [0.2, 0.25) is 0 Å². The topological polar surface area (TPSA) is 75.4 Å². The van der Waals surface area contributed by atoms with E-state index in [1.165, 1.54) is 11.1 Å². The van der Waals surface area contributed by atoms with Crippen molar-refractivity contribution in [3.8, 4) is 0 Å². The molecule has 0 atom stereocenters. The third kappa shape index (κ3) is 3.31. The fourth-order valence-electron chi connectivity index (χ4n) is 3.79. The van der Waals surface area contributed by atoms with Gasteiger partial charge in [-0.05, 0) is 29.7 Å². The number of fused-ring (bicyclic) bond motifs is 2. The normalized spacial score (nSPS) is 13.3. The smallest absolute Gasteiger partial charge is 0.257 e. The van der Waals surface area contributed by atoms with Crippen molar-refractivity contribution in [2.75, 3.05) is 11.4 Å². The Kier molecular flexibility index (Phi) is 4.40. The van der Waals surface area contributed by atoms with Crippen molar-refractivity contribution in [2.24, 2.45) is 0 Å². The molecule has 5 rings (SSSR count). The number of anilines is 1. The molecule has 0 spiro atoms. The van der Waals surface area contributed by atoms with Gasteiger partial charge in [0.2, 0.25) is 0 Å². The Bertz CT molecular complexity index is 1180. The minimum atomic E-state index is -0.197. The first-order valence-electron chi connectivity index (χ1n) is 9.62. The molecule has 0 aliphatic carbocycles. The molecule has 0 saturated carbocycles. The largest absolute Gasteiger partial charge is 0.352 e. The fraction of sp³-hybridized carbons (Fsp3) is 0.182. The summed E-state index contributed by atoms with van der Waals surface area (Å²) in [5.41, 5.74) is 4.73. The zero-order chi connectivity index (χ0) is 19.6. The molecule has 7 nitrogen and oxygen atoms in total. The summed E-state index contributed by atoms with van der Waals surface area (Å²) in [6, 6.07) is 14.2. The third-order valence-corrected chi connectivity index (χ3v) is 5.26. The average Bonchev–Trinajstić information content (AvgIpc) is 3.22. The van der Waals surface area contributed by atoms with Gasteiger partial charge in [-0.2, -0.15) is 5.10 Å². The molecule has 0 fully saturated rings. The van der Waals surface area contributed by atoms with Gasteiger partial charge in [-0.15, -0.1) is 0 Å². The SMILES string of the molecule is O=C(NCc1cccnc1N1CCc2ccccc2C1)c1cnn2cccnc12. The number of carbonyl (C=O) groups excluding carboxylic acids is 1. The number of aromatic nitrogens is 4. The number of nitrogens with one attached hydrogen (secondary N) is 1. The predicted octanol–water partition coefficient (Wildman–Crippen LogP) is 2.62. The second-order valence-electron chi connectivity index (χ2n) is 7.06. The Hall–Kier alpha value is -3.74. The molecule has 7 heteroatoms. The summed E-state index contributed by atoms with van der Waals surface area (Å²) in [5, 5.41) is 7.17. The Morgan fingerprint density at radius 3 is 2.83 bits per heavy atom. The highest BCUT2D eigenvalue weighted by Crippen LogP contribution is 2.25. The lowest BCUT2D eigenvalue weighted by Gasteiger charge is -2.31. The van der Waals surface area contributed by atoms with Crippen molar-refractivity contribution in [1.82, 2.24) is 24.9 Å². The van der Waals surface area contributed by atoms with Crippen LogP contribution in [0.5, 0.6) is 0 Å². The molecular weight excluding hydrogens is 364 g/mol. The Morgan fingerprint density at radius 1 is 1.03 bits per heavy atom. The zero-order valence-corrected chi connectivity index (χ0v) is 15.8. The Morgan fingerprint density at radius 2 is 1.90 bits per heavy atom. The summed E-state index contributed by atoms with van der Waals surface area (Å²) >= 11 is 0. The first kappa shape index (κ1) is 17.4. The molecule has 4 aromatic rings. The monoisotopic (exact) mass is 384 g/mol. The maximum Gasteiger partial charge on any atom is 0.257 e. The van der Waals surface area contributed by atoms with Crippen LogP contribution in [0.3, 0.4) is 0 Å². The minimum Gasteiger partial charge on any atom is -0.352 e. The second kappa shape index (κ2) is 7.35. The van der Waals surface area contributed by atoms with E-state index < -0.39 is 0 Å². The highest BCUT2D eigenvalue weighted by molar-refractivity contribution is 5.99. The van der Waals surface area contributed by atoms with Gasteiger partial charge >= 0.3 is 0 Å². The van der Waals surface area contributed by atoms with Crippen LogP contribution < -0.4 is 10.2 Å². The molecule has 144 valence electrons. The molecule has 29 heavy (non-hydrogen) atoms. The first-order valence-corrected chi connectivity index (χ1v) is 9.62. The van der Waals surface area contributed by atoms with Crippen molar-refractivity contribution in [1.29, 1.82) is 0 Å². The number of carbonyl (C=O) groups is 1. The van der Waals surface area contributed by atoms with E-state index in [0.717, 1.165) is 30.9 Å². The lowest BCUT2D eigenvalue weighted by Crippen LogP contribution is -2.32. The number of hydrogen-bond acceptors (Lipinski definition) is 5. The van der Waals surface area contributed by atoms with Gasteiger partial charge in [-0.1, -0.05) is 30.3 Å². The average molecular weight is 384 g/mol. The van der Waals surface area contributed by atoms with Gasteiger partial charge in [-0.25, -0.2) is 14.5 Å². The van der Waals surface area contributed by atoms with Gasteiger partial charge < -0.3 is 10.2 Å². The van der Waals surface area contributed by atoms with Gasteiger partial charge in [0.15, 0.2) is 5.65 Å². The fourth-order valence-corrected chi connectivity index (χ4v) is 3.79. The van der Waals surface area contributed by atoms with E-state index >= 15 is 0 Å². The molecule has 1 aliphatic rings. The Labute approximate surface area is 168 Å². The lowest BCUT2D eigenvalue weighted by atomic mass is 9.99. The van der Waals surface area contributed by atoms with Crippen molar-refractivity contribution in [3.63, 3.8) is 0 Å². The molecule has 4 heterocycles. The summed E-state index contributed by atoms with van der Waals surface area (Å²) in [6.45, 7) is 2.13. The summed E-state index contributed by atoms with van der Waals surface area (Å²) in [5.74, 6) is 0.720. The molecule has 0 radical (unpaired) electrons. The van der Waals surface area contributed by atoms with Gasteiger partial charge in [0.25, 0.3) is 5.91 Å². The first-order chi connectivity index (χ1) is 14.3. The van der Waals surface area contributed by atoms with Crippen molar-refractivity contribution < 1.29 is 4.79 Å². The van der Waals surface area contributed by atoms with Crippen molar-refractivity contribution in [2.45, 2.75) is 19.5 Å². The molecule has 1 amide bonds. The van der Waals surface area contributed by atoms with E-state index in [1.54, 1.807) is 35.4 Å². The van der Waals surface area contributed by atoms with Crippen LogP contribution in [0.15, 0.2) is 67.3 Å². The summed E-state index contributed by atoms with van der Waals surface area (Å²) in [6.07, 6.45) is 7.76. The van der Waals surface area contributed by atoms with Gasteiger partial charge in [-0.3, -0.25) is 4.79 Å². The van der Waals surface area contributed by atoms with Crippen LogP contribution in [-0.2, 0) is 19.5 Å². The molecule has 0 unspecified atom stereocenters. The maximum atomic E-state index is 12.7. The van der Waals surface area contributed by atoms with Gasteiger partial charge in [0.05, 0.1) is 6.20 Å². The van der Waals surface area contributed by atoms with E-state index in [0.29, 0.717) is 17.8 Å². The molecule has 1 aromatic carbocycles. The number of pyridine rings is 1. The van der Waals surface area contributed by atoms with E-state index in [9.17, 15) is 4.79 Å². The number of nitrogens with zero attached hydrogens (tertiary/aromatic N) is 5. The van der Waals surface area contributed by atoms with Crippen LogP contribution in [0, 0.1) is 0 Å². The summed E-state index contributed by atoms with van der Waals surface area (Å²) in [7, 11) is 0. The van der Waals surface area contributed by atoms with Gasteiger partial charge in [0.1, 0.15) is 11.4 Å². The third-order valence-electron chi connectivity index (χ3n) is 5.26. The minimum absolute atomic E-state index is 0.197. The van der Waals surface area contributed by atoms with Crippen molar-refractivity contribution >= 4 is 17.4 Å². The highest BCUT2D eigenvalue weighted by atomic mass is 16.1. The zero-order valence-electron chi connectivity index (χ0n) is 15.8. The van der Waals surface area contributed by atoms with E-state index in [1.807, 2.05) is 12.1 Å². The lowest BCUT2D eigenvalue weighted by molar-refractivity contribution is 0.0952. The van der Waals surface area contributed by atoms with E-state index in [-0.39, 0.29) is 5.91 Å². The quantitative estimate of drug-likeness (QED) is 0.585. The van der Waals surface area contributed by atoms with Crippen LogP contribution in [-0.4, -0.2) is 32.0 Å². The van der Waals surface area contributed by atoms with Crippen LogP contribution >= 0.6 is 0 Å². The Balaban J connectivity index is 1.34. The number of rotatable bonds is 4. The molecule has 1 aliphatic heterocycles.